The molecule has 2 heteroatoms. The summed E-state index contributed by atoms with van der Waals surface area (Å²) in [4.78, 5) is 2.32. The van der Waals surface area contributed by atoms with E-state index < -0.39 is 0 Å². The van der Waals surface area contributed by atoms with Gasteiger partial charge in [-0.15, -0.1) is 0 Å². The summed E-state index contributed by atoms with van der Waals surface area (Å²) in [6.07, 6.45) is 7.01. The van der Waals surface area contributed by atoms with E-state index in [1.807, 2.05) is 0 Å². The highest BCUT2D eigenvalue weighted by atomic mass is 15.1. The lowest BCUT2D eigenvalue weighted by atomic mass is 9.81. The Morgan fingerprint density at radius 1 is 1.33 bits per heavy atom. The molecule has 1 fully saturated rings. The van der Waals surface area contributed by atoms with E-state index in [-0.39, 0.29) is 0 Å². The number of hydrogen-bond donors (Lipinski definition) is 1. The average molecular weight is 212 g/mol. The second kappa shape index (κ2) is 6.49. The second-order valence-electron chi connectivity index (χ2n) is 5.37. The Hall–Kier alpha value is -0.0800. The van der Waals surface area contributed by atoms with Gasteiger partial charge in [0.15, 0.2) is 0 Å². The molecule has 1 N–H and O–H groups in total. The lowest BCUT2D eigenvalue weighted by Gasteiger charge is -2.30. The predicted molar refractivity (Wildman–Crippen MR) is 67.2 cm³/mol. The number of nitrogens with one attached hydrogen (secondary N) is 1. The largest absolute Gasteiger partial charge is 0.313 e. The van der Waals surface area contributed by atoms with Crippen LogP contribution >= 0.6 is 0 Å². The number of likely N-dealkylation sites (N-methyl/N-ethyl adjacent to an activating group) is 1. The maximum Gasteiger partial charge on any atom is 0.0212 e. The lowest BCUT2D eigenvalue weighted by molar-refractivity contribution is 0.239. The maximum absolute atomic E-state index is 3.67. The quantitative estimate of drug-likeness (QED) is 0.697. The zero-order valence-corrected chi connectivity index (χ0v) is 10.9. The number of hydrogen-bond acceptors (Lipinski definition) is 2. The number of rotatable bonds is 7. The normalized spacial score (nSPS) is 21.4. The van der Waals surface area contributed by atoms with E-state index in [0.717, 1.165) is 12.5 Å². The minimum Gasteiger partial charge on any atom is -0.313 e. The Morgan fingerprint density at radius 2 is 2.00 bits per heavy atom. The zero-order valence-electron chi connectivity index (χ0n) is 10.9. The third-order valence-electron chi connectivity index (χ3n) is 3.82. The molecule has 0 bridgehead atoms. The summed E-state index contributed by atoms with van der Waals surface area (Å²) in [5, 5.41) is 3.67. The smallest absolute Gasteiger partial charge is 0.0212 e. The SMILES string of the molecule is CCC(CNC(C)CC1CCC1)N(C)C. The molecule has 0 aliphatic heterocycles. The van der Waals surface area contributed by atoms with Gasteiger partial charge in [-0.2, -0.15) is 0 Å². The van der Waals surface area contributed by atoms with Gasteiger partial charge in [-0.1, -0.05) is 26.2 Å². The van der Waals surface area contributed by atoms with Crippen LogP contribution in [0, 0.1) is 5.92 Å². The first kappa shape index (κ1) is 13.0. The fraction of sp³-hybridized carbons (Fsp3) is 1.00. The molecule has 0 saturated heterocycles. The number of nitrogens with zero attached hydrogens (tertiary/aromatic N) is 1. The predicted octanol–water partition coefficient (Wildman–Crippen LogP) is 2.49. The van der Waals surface area contributed by atoms with Gasteiger partial charge in [-0.3, -0.25) is 0 Å². The maximum atomic E-state index is 3.67. The molecule has 2 unspecified atom stereocenters. The van der Waals surface area contributed by atoms with E-state index in [0.29, 0.717) is 12.1 Å². The molecule has 0 aromatic heterocycles. The standard InChI is InChI=1S/C13H28N2/c1-5-13(15(3)4)10-14-11(2)9-12-7-6-8-12/h11-14H,5-10H2,1-4H3. The molecule has 0 heterocycles. The van der Waals surface area contributed by atoms with Crippen molar-refractivity contribution < 1.29 is 0 Å². The highest BCUT2D eigenvalue weighted by Crippen LogP contribution is 2.30. The molecule has 15 heavy (non-hydrogen) atoms. The highest BCUT2D eigenvalue weighted by Gasteiger charge is 2.20. The van der Waals surface area contributed by atoms with E-state index in [1.54, 1.807) is 0 Å². The van der Waals surface area contributed by atoms with Crippen LogP contribution in [0.4, 0.5) is 0 Å². The summed E-state index contributed by atoms with van der Waals surface area (Å²) in [6, 6.07) is 1.39. The van der Waals surface area contributed by atoms with Crippen LogP contribution in [0.15, 0.2) is 0 Å². The Bertz CT molecular complexity index is 164. The highest BCUT2D eigenvalue weighted by molar-refractivity contribution is 4.76. The summed E-state index contributed by atoms with van der Waals surface area (Å²) >= 11 is 0. The molecule has 0 aromatic carbocycles. The average Bonchev–Trinajstić information content (AvgIpc) is 2.12. The van der Waals surface area contributed by atoms with Gasteiger partial charge in [0.2, 0.25) is 0 Å². The van der Waals surface area contributed by atoms with Crippen molar-refractivity contribution in [2.45, 2.75) is 58.0 Å². The van der Waals surface area contributed by atoms with Crippen LogP contribution in [0.2, 0.25) is 0 Å². The van der Waals surface area contributed by atoms with Gasteiger partial charge >= 0.3 is 0 Å². The van der Waals surface area contributed by atoms with Crippen LogP contribution in [0.1, 0.15) is 46.0 Å². The van der Waals surface area contributed by atoms with Crippen LogP contribution in [0.25, 0.3) is 0 Å². The molecule has 1 aliphatic rings. The van der Waals surface area contributed by atoms with Gasteiger partial charge in [-0.25, -0.2) is 0 Å². The molecule has 0 aromatic rings. The van der Waals surface area contributed by atoms with Gasteiger partial charge < -0.3 is 10.2 Å². The molecule has 1 rings (SSSR count). The van der Waals surface area contributed by atoms with E-state index in [2.05, 4.69) is 38.2 Å². The van der Waals surface area contributed by atoms with Gasteiger partial charge in [0, 0.05) is 18.6 Å². The monoisotopic (exact) mass is 212 g/mol. The molecule has 2 nitrogen and oxygen atoms in total. The van der Waals surface area contributed by atoms with Gasteiger partial charge in [0.1, 0.15) is 0 Å². The van der Waals surface area contributed by atoms with Crippen molar-refractivity contribution in [3.63, 3.8) is 0 Å². The van der Waals surface area contributed by atoms with E-state index >= 15 is 0 Å². The van der Waals surface area contributed by atoms with Crippen LogP contribution < -0.4 is 5.32 Å². The van der Waals surface area contributed by atoms with Crippen LogP contribution in [0.3, 0.4) is 0 Å². The van der Waals surface area contributed by atoms with Crippen molar-refractivity contribution in [3.8, 4) is 0 Å². The first-order chi connectivity index (χ1) is 7.13. The first-order valence-corrected chi connectivity index (χ1v) is 6.53. The molecular weight excluding hydrogens is 184 g/mol. The minimum atomic E-state index is 0.689. The lowest BCUT2D eigenvalue weighted by Crippen LogP contribution is -2.41. The fourth-order valence-electron chi connectivity index (χ4n) is 2.34. The molecule has 1 saturated carbocycles. The van der Waals surface area contributed by atoms with E-state index in [9.17, 15) is 0 Å². The van der Waals surface area contributed by atoms with E-state index in [1.165, 1.54) is 32.1 Å². The van der Waals surface area contributed by atoms with Crippen molar-refractivity contribution >= 4 is 0 Å². The summed E-state index contributed by atoms with van der Waals surface area (Å²) in [7, 11) is 4.35. The van der Waals surface area contributed by atoms with Crippen molar-refractivity contribution in [1.29, 1.82) is 0 Å². The molecule has 0 amide bonds. The Labute approximate surface area is 95.4 Å². The minimum absolute atomic E-state index is 0.689. The van der Waals surface area contributed by atoms with Crippen LogP contribution in [-0.4, -0.2) is 37.6 Å². The topological polar surface area (TPSA) is 15.3 Å². The first-order valence-electron chi connectivity index (χ1n) is 6.53. The molecular formula is C13H28N2. The molecule has 2 atom stereocenters. The van der Waals surface area contributed by atoms with Gasteiger partial charge in [0.05, 0.1) is 0 Å². The van der Waals surface area contributed by atoms with Crippen molar-refractivity contribution in [2.75, 3.05) is 20.6 Å². The third kappa shape index (κ3) is 4.52. The Morgan fingerprint density at radius 3 is 2.40 bits per heavy atom. The molecule has 1 aliphatic carbocycles. The zero-order chi connectivity index (χ0) is 11.3. The molecule has 90 valence electrons. The summed E-state index contributed by atoms with van der Waals surface area (Å²) < 4.78 is 0. The second-order valence-corrected chi connectivity index (χ2v) is 5.37. The fourth-order valence-corrected chi connectivity index (χ4v) is 2.34. The summed E-state index contributed by atoms with van der Waals surface area (Å²) in [5.41, 5.74) is 0. The Balaban J connectivity index is 2.10. The van der Waals surface area contributed by atoms with Crippen molar-refractivity contribution in [2.24, 2.45) is 5.92 Å². The Kier molecular flexibility index (Phi) is 5.62. The van der Waals surface area contributed by atoms with Crippen molar-refractivity contribution in [1.82, 2.24) is 10.2 Å². The van der Waals surface area contributed by atoms with Crippen molar-refractivity contribution in [3.05, 3.63) is 0 Å². The van der Waals surface area contributed by atoms with Gasteiger partial charge in [0.25, 0.3) is 0 Å². The van der Waals surface area contributed by atoms with E-state index in [4.69, 9.17) is 0 Å². The van der Waals surface area contributed by atoms with Gasteiger partial charge in [-0.05, 0) is 39.8 Å². The molecule has 0 spiro atoms. The summed E-state index contributed by atoms with van der Waals surface area (Å²) in [6.45, 7) is 5.74. The van der Waals surface area contributed by atoms with Crippen LogP contribution in [0.5, 0.6) is 0 Å². The summed E-state index contributed by atoms with van der Waals surface area (Å²) in [5.74, 6) is 1.02. The third-order valence-corrected chi connectivity index (χ3v) is 3.82. The molecule has 0 radical (unpaired) electrons. The van der Waals surface area contributed by atoms with Crippen LogP contribution in [-0.2, 0) is 0 Å².